The average molecular weight is 550 g/mol. The van der Waals surface area contributed by atoms with E-state index in [1.54, 1.807) is 6.92 Å². The molecular formula is C27H25F2N7O2S. The SMILES string of the molecule is CNC(=O)c1nc2c3c(nc(-c4ccc(F)c5sc(N)c(C#N)c45)c(F)c3c1C)OC(C)C1CNC(C)CN21. The Morgan fingerprint density at radius 3 is 2.77 bits per heavy atom. The number of aromatic nitrogens is 2. The fourth-order valence-electron chi connectivity index (χ4n) is 5.62. The molecule has 200 valence electrons. The summed E-state index contributed by atoms with van der Waals surface area (Å²) in [6.07, 6.45) is -0.364. The van der Waals surface area contributed by atoms with E-state index >= 15 is 4.39 Å². The van der Waals surface area contributed by atoms with Crippen LogP contribution in [0.25, 0.3) is 32.1 Å². The molecule has 4 N–H and O–H groups in total. The van der Waals surface area contributed by atoms with Gasteiger partial charge >= 0.3 is 0 Å². The fourth-order valence-corrected chi connectivity index (χ4v) is 6.57. The first-order valence-electron chi connectivity index (χ1n) is 12.5. The number of hydrogen-bond donors (Lipinski definition) is 3. The van der Waals surface area contributed by atoms with E-state index in [-0.39, 0.29) is 67.1 Å². The van der Waals surface area contributed by atoms with E-state index in [2.05, 4.69) is 20.5 Å². The van der Waals surface area contributed by atoms with Crippen molar-refractivity contribution in [3.05, 3.63) is 40.6 Å². The first kappa shape index (κ1) is 25.2. The summed E-state index contributed by atoms with van der Waals surface area (Å²) in [5.41, 5.74) is 6.57. The summed E-state index contributed by atoms with van der Waals surface area (Å²) in [4.78, 5) is 24.4. The molecule has 12 heteroatoms. The first-order valence-corrected chi connectivity index (χ1v) is 13.3. The number of benzene rings is 1. The van der Waals surface area contributed by atoms with Crippen LogP contribution in [0.3, 0.4) is 0 Å². The Morgan fingerprint density at radius 1 is 1.28 bits per heavy atom. The Labute approximate surface area is 226 Å². The van der Waals surface area contributed by atoms with Gasteiger partial charge in [0.15, 0.2) is 5.82 Å². The Hall–Kier alpha value is -4.08. The molecule has 3 aromatic heterocycles. The van der Waals surface area contributed by atoms with Crippen LogP contribution in [0.4, 0.5) is 19.6 Å². The Morgan fingerprint density at radius 2 is 2.05 bits per heavy atom. The van der Waals surface area contributed by atoms with Gasteiger partial charge in [0.25, 0.3) is 5.91 Å². The highest BCUT2D eigenvalue weighted by Crippen LogP contribution is 2.46. The van der Waals surface area contributed by atoms with E-state index in [9.17, 15) is 14.4 Å². The highest BCUT2D eigenvalue weighted by molar-refractivity contribution is 7.23. The molecule has 2 aliphatic heterocycles. The molecule has 3 unspecified atom stereocenters. The van der Waals surface area contributed by atoms with E-state index in [4.69, 9.17) is 15.5 Å². The van der Waals surface area contributed by atoms with E-state index in [1.165, 1.54) is 19.2 Å². The number of thiophene rings is 1. The standard InChI is InChI=1S/C27H25F2N7O2S/c1-10-9-36-16(8-33-10)12(3)38-27-19-17(11(2)21(26(37)32-4)34-25(19)36)20(29)22(35-27)13-5-6-15(28)23-18(13)14(7-30)24(31)39-23/h5-6,10,12,16,33H,8-9,31H2,1-4H3,(H,32,37). The predicted octanol–water partition coefficient (Wildman–Crippen LogP) is 3.86. The second kappa shape index (κ2) is 9.00. The minimum Gasteiger partial charge on any atom is -0.472 e. The van der Waals surface area contributed by atoms with Crippen LogP contribution in [0.15, 0.2) is 12.1 Å². The molecule has 39 heavy (non-hydrogen) atoms. The molecule has 0 radical (unpaired) electrons. The monoisotopic (exact) mass is 549 g/mol. The van der Waals surface area contributed by atoms with Crippen molar-refractivity contribution < 1.29 is 18.3 Å². The van der Waals surface area contributed by atoms with Crippen molar-refractivity contribution >= 4 is 48.9 Å². The minimum absolute atomic E-state index is 0.0568. The molecule has 1 aromatic carbocycles. The van der Waals surface area contributed by atoms with Crippen LogP contribution in [0, 0.1) is 29.9 Å². The molecule has 1 fully saturated rings. The number of anilines is 2. The molecule has 0 aliphatic carbocycles. The van der Waals surface area contributed by atoms with Gasteiger partial charge in [-0.3, -0.25) is 4.79 Å². The number of nitriles is 1. The lowest BCUT2D eigenvalue weighted by Gasteiger charge is -2.41. The molecule has 3 atom stereocenters. The number of nitrogen functional groups attached to an aromatic ring is 1. The van der Waals surface area contributed by atoms with Gasteiger partial charge in [-0.15, -0.1) is 11.3 Å². The lowest BCUT2D eigenvalue weighted by Crippen LogP contribution is -2.60. The Bertz CT molecular complexity index is 1750. The van der Waals surface area contributed by atoms with Crippen molar-refractivity contribution in [2.24, 2.45) is 0 Å². The summed E-state index contributed by atoms with van der Waals surface area (Å²) in [6.45, 7) is 6.74. The number of fused-ring (bicyclic) bond motifs is 3. The van der Waals surface area contributed by atoms with Crippen molar-refractivity contribution in [2.75, 3.05) is 30.8 Å². The van der Waals surface area contributed by atoms with Gasteiger partial charge in [0.1, 0.15) is 40.2 Å². The number of nitrogens with one attached hydrogen (secondary N) is 2. The number of pyridine rings is 2. The van der Waals surface area contributed by atoms with Crippen molar-refractivity contribution in [3.63, 3.8) is 0 Å². The zero-order valence-electron chi connectivity index (χ0n) is 21.6. The maximum Gasteiger partial charge on any atom is 0.270 e. The van der Waals surface area contributed by atoms with Crippen molar-refractivity contribution in [1.29, 1.82) is 5.26 Å². The summed E-state index contributed by atoms with van der Waals surface area (Å²) in [5, 5.41) is 16.7. The number of halogens is 2. The summed E-state index contributed by atoms with van der Waals surface area (Å²) in [7, 11) is 1.49. The van der Waals surface area contributed by atoms with Gasteiger partial charge in [0.2, 0.25) is 5.88 Å². The maximum atomic E-state index is 16.8. The van der Waals surface area contributed by atoms with Gasteiger partial charge in [-0.2, -0.15) is 5.26 Å². The average Bonchev–Trinajstić information content (AvgIpc) is 3.21. The summed E-state index contributed by atoms with van der Waals surface area (Å²) in [5.74, 6) is -1.17. The molecule has 4 aromatic rings. The minimum atomic E-state index is -0.723. The maximum absolute atomic E-state index is 16.8. The molecule has 2 aliphatic rings. The Kier molecular flexibility index (Phi) is 5.82. The molecule has 1 saturated heterocycles. The number of hydrogen-bond acceptors (Lipinski definition) is 9. The molecule has 0 saturated carbocycles. The smallest absolute Gasteiger partial charge is 0.270 e. The van der Waals surface area contributed by atoms with Crippen molar-refractivity contribution in [2.45, 2.75) is 39.0 Å². The fraction of sp³-hybridized carbons (Fsp3) is 0.333. The summed E-state index contributed by atoms with van der Waals surface area (Å²) in [6, 6.07) is 4.58. The lowest BCUT2D eigenvalue weighted by molar-refractivity contribution is 0.0957. The first-order chi connectivity index (χ1) is 18.7. The van der Waals surface area contributed by atoms with Crippen LogP contribution in [-0.4, -0.2) is 54.2 Å². The molecule has 6 rings (SSSR count). The van der Waals surface area contributed by atoms with Crippen LogP contribution in [0.5, 0.6) is 5.88 Å². The third-order valence-corrected chi connectivity index (χ3v) is 8.59. The van der Waals surface area contributed by atoms with Crippen molar-refractivity contribution in [3.8, 4) is 23.2 Å². The third-order valence-electron chi connectivity index (χ3n) is 7.56. The second-order valence-corrected chi connectivity index (χ2v) is 11.0. The number of rotatable bonds is 2. The van der Waals surface area contributed by atoms with Crippen LogP contribution in [0.2, 0.25) is 0 Å². The zero-order valence-corrected chi connectivity index (χ0v) is 22.5. The van der Waals surface area contributed by atoms with E-state index < -0.39 is 17.5 Å². The van der Waals surface area contributed by atoms with Crippen LogP contribution in [-0.2, 0) is 0 Å². The number of carbonyl (C=O) groups is 1. The molecule has 0 bridgehead atoms. The molecule has 9 nitrogen and oxygen atoms in total. The number of ether oxygens (including phenoxy) is 1. The van der Waals surface area contributed by atoms with E-state index in [0.717, 1.165) is 11.3 Å². The summed E-state index contributed by atoms with van der Waals surface area (Å²) >= 11 is 0.924. The molecular weight excluding hydrogens is 524 g/mol. The molecule has 5 heterocycles. The number of carbonyl (C=O) groups excluding carboxylic acids is 1. The van der Waals surface area contributed by atoms with Gasteiger partial charge in [-0.05, 0) is 38.5 Å². The van der Waals surface area contributed by atoms with Crippen LogP contribution >= 0.6 is 11.3 Å². The second-order valence-electron chi connectivity index (χ2n) is 9.92. The zero-order chi connectivity index (χ0) is 27.7. The Balaban J connectivity index is 1.75. The topological polar surface area (TPSA) is 129 Å². The van der Waals surface area contributed by atoms with Gasteiger partial charge < -0.3 is 26.0 Å². The van der Waals surface area contributed by atoms with Gasteiger partial charge in [0, 0.05) is 42.5 Å². The number of aryl methyl sites for hydroxylation is 1. The van der Waals surface area contributed by atoms with Gasteiger partial charge in [0.05, 0.1) is 21.7 Å². The van der Waals surface area contributed by atoms with Crippen molar-refractivity contribution in [1.82, 2.24) is 20.6 Å². The van der Waals surface area contributed by atoms with Crippen LogP contribution < -0.4 is 26.0 Å². The number of nitrogens with zero attached hydrogens (tertiary/aromatic N) is 4. The normalized spacial score (nSPS) is 20.3. The lowest BCUT2D eigenvalue weighted by atomic mass is 9.97. The quantitative estimate of drug-likeness (QED) is 0.344. The predicted molar refractivity (Wildman–Crippen MR) is 146 cm³/mol. The van der Waals surface area contributed by atoms with E-state index in [0.29, 0.717) is 29.9 Å². The highest BCUT2D eigenvalue weighted by atomic mass is 32.1. The van der Waals surface area contributed by atoms with Crippen LogP contribution in [0.1, 0.15) is 35.5 Å². The number of amides is 1. The largest absolute Gasteiger partial charge is 0.472 e. The molecule has 1 amide bonds. The van der Waals surface area contributed by atoms with Gasteiger partial charge in [-0.1, -0.05) is 0 Å². The number of nitrogens with two attached hydrogens (primary N) is 1. The highest BCUT2D eigenvalue weighted by Gasteiger charge is 2.39. The molecule has 0 spiro atoms. The summed E-state index contributed by atoms with van der Waals surface area (Å²) < 4.78 is 38.0. The number of piperazine rings is 1. The van der Waals surface area contributed by atoms with Gasteiger partial charge in [-0.25, -0.2) is 18.7 Å². The third kappa shape index (κ3) is 3.60. The van der Waals surface area contributed by atoms with E-state index in [1.807, 2.05) is 19.9 Å².